The van der Waals surface area contributed by atoms with E-state index in [1.54, 1.807) is 18.0 Å². The van der Waals surface area contributed by atoms with Crippen LogP contribution in [0.15, 0.2) is 30.5 Å². The van der Waals surface area contributed by atoms with Gasteiger partial charge in [-0.2, -0.15) is 9.67 Å². The number of benzene rings is 1. The molecular formula is C17H20N6O2. The Bertz CT molecular complexity index is 855. The van der Waals surface area contributed by atoms with Crippen LogP contribution in [0.2, 0.25) is 0 Å². The van der Waals surface area contributed by atoms with E-state index in [0.29, 0.717) is 17.1 Å². The molecule has 1 fully saturated rings. The number of aliphatic hydroxyl groups is 1. The Hall–Kier alpha value is -2.74. The van der Waals surface area contributed by atoms with Gasteiger partial charge in [0.2, 0.25) is 5.95 Å². The van der Waals surface area contributed by atoms with E-state index in [0.717, 1.165) is 37.1 Å². The summed E-state index contributed by atoms with van der Waals surface area (Å²) in [4.78, 5) is 8.92. The molecule has 4 rings (SSSR count). The van der Waals surface area contributed by atoms with Crippen LogP contribution >= 0.6 is 0 Å². The third kappa shape index (κ3) is 3.25. The van der Waals surface area contributed by atoms with E-state index in [2.05, 4.69) is 25.6 Å². The van der Waals surface area contributed by atoms with Crippen molar-refractivity contribution in [2.75, 3.05) is 12.4 Å². The SMILES string of the molecule is COc1ccc(-n2nnc3cnc(N[C@H]4CC[C@@H](O)CC4)nc32)cc1. The molecule has 0 radical (unpaired) electrons. The number of aromatic nitrogens is 5. The zero-order valence-corrected chi connectivity index (χ0v) is 14.0. The van der Waals surface area contributed by atoms with Gasteiger partial charge in [-0.3, -0.25) is 0 Å². The maximum absolute atomic E-state index is 9.62. The van der Waals surface area contributed by atoms with Gasteiger partial charge >= 0.3 is 0 Å². The fourth-order valence-electron chi connectivity index (χ4n) is 3.10. The molecule has 2 aromatic heterocycles. The van der Waals surface area contributed by atoms with Crippen LogP contribution in [0.5, 0.6) is 5.75 Å². The van der Waals surface area contributed by atoms with Crippen LogP contribution in [0.1, 0.15) is 25.7 Å². The van der Waals surface area contributed by atoms with Crippen molar-refractivity contribution < 1.29 is 9.84 Å². The molecule has 1 aliphatic rings. The Morgan fingerprint density at radius 1 is 1.16 bits per heavy atom. The fourth-order valence-corrected chi connectivity index (χ4v) is 3.10. The van der Waals surface area contributed by atoms with E-state index in [4.69, 9.17) is 4.74 Å². The molecule has 2 heterocycles. The second kappa shape index (κ2) is 6.64. The van der Waals surface area contributed by atoms with Crippen LogP contribution in [0.3, 0.4) is 0 Å². The van der Waals surface area contributed by atoms with Crippen LogP contribution < -0.4 is 10.1 Å². The van der Waals surface area contributed by atoms with E-state index < -0.39 is 0 Å². The third-order valence-corrected chi connectivity index (χ3v) is 4.54. The van der Waals surface area contributed by atoms with Crippen LogP contribution in [-0.4, -0.2) is 49.3 Å². The van der Waals surface area contributed by atoms with E-state index in [9.17, 15) is 5.11 Å². The Labute approximate surface area is 144 Å². The van der Waals surface area contributed by atoms with Gasteiger partial charge in [0.05, 0.1) is 25.1 Å². The maximum atomic E-state index is 9.62. The van der Waals surface area contributed by atoms with E-state index >= 15 is 0 Å². The lowest BCUT2D eigenvalue weighted by molar-refractivity contribution is 0.126. The highest BCUT2D eigenvalue weighted by molar-refractivity contribution is 5.72. The topological polar surface area (TPSA) is 98.0 Å². The summed E-state index contributed by atoms with van der Waals surface area (Å²) in [7, 11) is 1.63. The largest absolute Gasteiger partial charge is 0.497 e. The predicted octanol–water partition coefficient (Wildman–Crippen LogP) is 1.93. The smallest absolute Gasteiger partial charge is 0.225 e. The molecular weight excluding hydrogens is 320 g/mol. The zero-order valence-electron chi connectivity index (χ0n) is 14.0. The molecule has 0 bridgehead atoms. The molecule has 0 atom stereocenters. The van der Waals surface area contributed by atoms with Gasteiger partial charge in [-0.1, -0.05) is 5.21 Å². The average Bonchev–Trinajstić information content (AvgIpc) is 3.07. The van der Waals surface area contributed by atoms with Gasteiger partial charge in [0.15, 0.2) is 11.2 Å². The van der Waals surface area contributed by atoms with Gasteiger partial charge in [-0.05, 0) is 49.9 Å². The zero-order chi connectivity index (χ0) is 17.2. The first kappa shape index (κ1) is 15.8. The lowest BCUT2D eigenvalue weighted by Crippen LogP contribution is -2.28. The van der Waals surface area contributed by atoms with Gasteiger partial charge in [-0.15, -0.1) is 5.10 Å². The molecule has 8 nitrogen and oxygen atoms in total. The second-order valence-corrected chi connectivity index (χ2v) is 6.25. The number of rotatable bonds is 4. The maximum Gasteiger partial charge on any atom is 0.225 e. The Kier molecular flexibility index (Phi) is 4.19. The first-order chi connectivity index (χ1) is 12.2. The summed E-state index contributed by atoms with van der Waals surface area (Å²) in [5, 5.41) is 21.3. The summed E-state index contributed by atoms with van der Waals surface area (Å²) in [5.74, 6) is 1.34. The van der Waals surface area contributed by atoms with Crippen molar-refractivity contribution >= 4 is 17.1 Å². The Balaban J connectivity index is 1.60. The summed E-state index contributed by atoms with van der Waals surface area (Å²) < 4.78 is 6.87. The minimum absolute atomic E-state index is 0.179. The average molecular weight is 340 g/mol. The monoisotopic (exact) mass is 340 g/mol. The molecule has 1 aromatic carbocycles. The van der Waals surface area contributed by atoms with Crippen molar-refractivity contribution in [3.63, 3.8) is 0 Å². The van der Waals surface area contributed by atoms with Crippen LogP contribution in [0.25, 0.3) is 16.9 Å². The first-order valence-corrected chi connectivity index (χ1v) is 8.40. The van der Waals surface area contributed by atoms with Crippen molar-refractivity contribution in [1.82, 2.24) is 25.0 Å². The third-order valence-electron chi connectivity index (χ3n) is 4.54. The Morgan fingerprint density at radius 2 is 1.92 bits per heavy atom. The van der Waals surface area contributed by atoms with Crippen LogP contribution in [0, 0.1) is 0 Å². The molecule has 2 N–H and O–H groups in total. The number of anilines is 1. The summed E-state index contributed by atoms with van der Waals surface area (Å²) >= 11 is 0. The quantitative estimate of drug-likeness (QED) is 0.749. The molecule has 1 saturated carbocycles. The molecule has 3 aromatic rings. The van der Waals surface area contributed by atoms with E-state index in [-0.39, 0.29) is 12.1 Å². The molecule has 25 heavy (non-hydrogen) atoms. The van der Waals surface area contributed by atoms with Gasteiger partial charge in [-0.25, -0.2) is 4.98 Å². The number of hydrogen-bond donors (Lipinski definition) is 2. The van der Waals surface area contributed by atoms with Crippen molar-refractivity contribution in [1.29, 1.82) is 0 Å². The number of fused-ring (bicyclic) bond motifs is 1. The second-order valence-electron chi connectivity index (χ2n) is 6.25. The fraction of sp³-hybridized carbons (Fsp3) is 0.412. The summed E-state index contributed by atoms with van der Waals surface area (Å²) in [6.07, 6.45) is 4.95. The molecule has 0 spiro atoms. The number of hydrogen-bond acceptors (Lipinski definition) is 7. The molecule has 0 unspecified atom stereocenters. The lowest BCUT2D eigenvalue weighted by Gasteiger charge is -2.26. The molecule has 0 saturated heterocycles. The number of nitrogens with zero attached hydrogens (tertiary/aromatic N) is 5. The minimum atomic E-state index is -0.179. The number of methoxy groups -OCH3 is 1. The first-order valence-electron chi connectivity index (χ1n) is 8.40. The van der Waals surface area contributed by atoms with Crippen molar-refractivity contribution in [2.45, 2.75) is 37.8 Å². The van der Waals surface area contributed by atoms with E-state index in [1.165, 1.54) is 0 Å². The molecule has 0 aliphatic heterocycles. The number of ether oxygens (including phenoxy) is 1. The highest BCUT2D eigenvalue weighted by Crippen LogP contribution is 2.22. The molecule has 1 aliphatic carbocycles. The predicted molar refractivity (Wildman–Crippen MR) is 92.9 cm³/mol. The lowest BCUT2D eigenvalue weighted by atomic mass is 9.93. The minimum Gasteiger partial charge on any atom is -0.497 e. The summed E-state index contributed by atoms with van der Waals surface area (Å²) in [6, 6.07) is 7.84. The van der Waals surface area contributed by atoms with Crippen molar-refractivity contribution in [3.8, 4) is 11.4 Å². The summed E-state index contributed by atoms with van der Waals surface area (Å²) in [5.41, 5.74) is 2.15. The van der Waals surface area contributed by atoms with E-state index in [1.807, 2.05) is 24.3 Å². The standard InChI is InChI=1S/C17H20N6O2/c1-25-14-8-4-12(5-9-14)23-16-15(21-22-23)10-18-17(20-16)19-11-2-6-13(24)7-3-11/h4-5,8-11,13,24H,2-3,6-7H2,1H3,(H,18,19,20)/t11-,13+. The highest BCUT2D eigenvalue weighted by atomic mass is 16.5. The Morgan fingerprint density at radius 3 is 2.64 bits per heavy atom. The normalized spacial score (nSPS) is 20.6. The molecule has 8 heteroatoms. The highest BCUT2D eigenvalue weighted by Gasteiger charge is 2.20. The molecule has 130 valence electrons. The van der Waals surface area contributed by atoms with Crippen molar-refractivity contribution in [2.24, 2.45) is 0 Å². The van der Waals surface area contributed by atoms with Gasteiger partial charge in [0.25, 0.3) is 0 Å². The van der Waals surface area contributed by atoms with Gasteiger partial charge in [0, 0.05) is 6.04 Å². The summed E-state index contributed by atoms with van der Waals surface area (Å²) in [6.45, 7) is 0. The van der Waals surface area contributed by atoms with Gasteiger partial charge in [0.1, 0.15) is 5.75 Å². The van der Waals surface area contributed by atoms with Crippen LogP contribution in [0.4, 0.5) is 5.95 Å². The van der Waals surface area contributed by atoms with Crippen molar-refractivity contribution in [3.05, 3.63) is 30.5 Å². The van der Waals surface area contributed by atoms with Crippen LogP contribution in [-0.2, 0) is 0 Å². The number of nitrogens with one attached hydrogen (secondary N) is 1. The molecule has 0 amide bonds. The van der Waals surface area contributed by atoms with Gasteiger partial charge < -0.3 is 15.2 Å². The number of aliphatic hydroxyl groups excluding tert-OH is 1.